The Morgan fingerprint density at radius 2 is 0.810 bits per heavy atom. The van der Waals surface area contributed by atoms with Crippen LogP contribution in [0.4, 0.5) is 0 Å². The Labute approximate surface area is 363 Å². The monoisotopic (exact) mass is 821 g/mol. The average molecular weight is 822 g/mol. The smallest absolute Gasteiger partial charge is 0.164 e. The molecule has 4 aromatic heterocycles. The first-order chi connectivity index (χ1) is 31.2. The molecule has 6 heteroatoms. The molecular formula is C57H31N3O2S. The van der Waals surface area contributed by atoms with E-state index in [0.717, 1.165) is 82.5 Å². The van der Waals surface area contributed by atoms with E-state index in [0.29, 0.717) is 17.5 Å². The minimum Gasteiger partial charge on any atom is -0.456 e. The molecule has 0 unspecified atom stereocenters. The molecule has 0 saturated carbocycles. The number of fused-ring (bicyclic) bond motifs is 15. The van der Waals surface area contributed by atoms with Gasteiger partial charge in [-0.2, -0.15) is 0 Å². The molecule has 0 aliphatic rings. The molecule has 14 aromatic rings. The number of para-hydroxylation sites is 1. The molecule has 0 spiro atoms. The van der Waals surface area contributed by atoms with Crippen LogP contribution in [0.2, 0.25) is 0 Å². The summed E-state index contributed by atoms with van der Waals surface area (Å²) in [6, 6.07) is 66.2. The molecule has 63 heavy (non-hydrogen) atoms. The van der Waals surface area contributed by atoms with Crippen LogP contribution in [0.25, 0.3) is 142 Å². The van der Waals surface area contributed by atoms with E-state index in [2.05, 4.69) is 170 Å². The average Bonchev–Trinajstić information content (AvgIpc) is 4.04. The van der Waals surface area contributed by atoms with Gasteiger partial charge in [0.05, 0.1) is 0 Å². The van der Waals surface area contributed by atoms with E-state index < -0.39 is 0 Å². The number of furan rings is 2. The third kappa shape index (κ3) is 5.19. The lowest BCUT2D eigenvalue weighted by Crippen LogP contribution is -2.00. The Balaban J connectivity index is 0.966. The molecule has 0 aliphatic carbocycles. The summed E-state index contributed by atoms with van der Waals surface area (Å²) in [4.78, 5) is 15.9. The molecule has 10 aromatic carbocycles. The van der Waals surface area contributed by atoms with Gasteiger partial charge in [-0.1, -0.05) is 133 Å². The zero-order valence-electron chi connectivity index (χ0n) is 33.5. The quantitative estimate of drug-likeness (QED) is 0.165. The minimum absolute atomic E-state index is 0.580. The van der Waals surface area contributed by atoms with E-state index in [-0.39, 0.29) is 0 Å². The van der Waals surface area contributed by atoms with Crippen molar-refractivity contribution in [2.75, 3.05) is 0 Å². The van der Waals surface area contributed by atoms with Gasteiger partial charge in [-0.05, 0) is 98.0 Å². The van der Waals surface area contributed by atoms with Crippen molar-refractivity contribution in [3.05, 3.63) is 188 Å². The van der Waals surface area contributed by atoms with E-state index >= 15 is 0 Å². The lowest BCUT2D eigenvalue weighted by atomic mass is 9.93. The number of aromatic nitrogens is 3. The predicted octanol–water partition coefficient (Wildman–Crippen LogP) is 16.2. The van der Waals surface area contributed by atoms with Crippen LogP contribution < -0.4 is 0 Å². The second kappa shape index (κ2) is 13.2. The van der Waals surface area contributed by atoms with Crippen molar-refractivity contribution in [2.24, 2.45) is 0 Å². The van der Waals surface area contributed by atoms with Gasteiger partial charge in [-0.15, -0.1) is 11.3 Å². The summed E-state index contributed by atoms with van der Waals surface area (Å²) in [7, 11) is 0. The zero-order valence-corrected chi connectivity index (χ0v) is 34.3. The topological polar surface area (TPSA) is 65.0 Å². The molecule has 14 rings (SSSR count). The fraction of sp³-hybridized carbons (Fsp3) is 0. The molecule has 0 atom stereocenters. The third-order valence-corrected chi connectivity index (χ3v) is 13.9. The Bertz CT molecular complexity index is 4200. The SMILES string of the molecule is c1ccc2c(c1)oc1cccc(-c3ccc4oc5cc(-c6nc(-c7ccc8c9ccccc9c9ccccc9c8c7)nc(-c7cccc8sc9ccccc9c78)n6)ccc5c4c3)c12. The number of nitrogens with zero attached hydrogens (tertiary/aromatic N) is 3. The molecule has 0 N–H and O–H groups in total. The molecule has 0 fully saturated rings. The van der Waals surface area contributed by atoms with Crippen molar-refractivity contribution < 1.29 is 8.83 Å². The zero-order chi connectivity index (χ0) is 41.2. The molecule has 4 heterocycles. The molecular weight excluding hydrogens is 791 g/mol. The summed E-state index contributed by atoms with van der Waals surface area (Å²) < 4.78 is 15.3. The van der Waals surface area contributed by atoms with Crippen molar-refractivity contribution in [3.63, 3.8) is 0 Å². The van der Waals surface area contributed by atoms with Gasteiger partial charge in [0.1, 0.15) is 22.3 Å². The molecule has 5 nitrogen and oxygen atoms in total. The van der Waals surface area contributed by atoms with Crippen molar-refractivity contribution in [1.82, 2.24) is 15.0 Å². The van der Waals surface area contributed by atoms with E-state index in [4.69, 9.17) is 23.8 Å². The van der Waals surface area contributed by atoms with E-state index in [9.17, 15) is 0 Å². The summed E-state index contributed by atoms with van der Waals surface area (Å²) in [6.45, 7) is 0. The van der Waals surface area contributed by atoms with Gasteiger partial charge in [0, 0.05) is 58.4 Å². The molecule has 292 valence electrons. The second-order valence-corrected chi connectivity index (χ2v) is 17.3. The Morgan fingerprint density at radius 1 is 0.286 bits per heavy atom. The Kier molecular flexibility index (Phi) is 7.21. The van der Waals surface area contributed by atoms with Crippen LogP contribution in [0.5, 0.6) is 0 Å². The van der Waals surface area contributed by atoms with Crippen molar-refractivity contribution in [2.45, 2.75) is 0 Å². The van der Waals surface area contributed by atoms with Crippen LogP contribution in [-0.4, -0.2) is 15.0 Å². The van der Waals surface area contributed by atoms with Crippen LogP contribution in [-0.2, 0) is 0 Å². The first-order valence-corrected chi connectivity index (χ1v) is 21.9. The summed E-state index contributed by atoms with van der Waals surface area (Å²) in [5, 5.41) is 13.9. The highest BCUT2D eigenvalue weighted by atomic mass is 32.1. The van der Waals surface area contributed by atoms with E-state index in [1.54, 1.807) is 11.3 Å². The van der Waals surface area contributed by atoms with Crippen LogP contribution in [0.3, 0.4) is 0 Å². The minimum atomic E-state index is 0.580. The van der Waals surface area contributed by atoms with Crippen LogP contribution in [0.15, 0.2) is 197 Å². The van der Waals surface area contributed by atoms with Gasteiger partial charge in [-0.25, -0.2) is 15.0 Å². The number of rotatable bonds is 4. The fourth-order valence-corrected chi connectivity index (χ4v) is 11.0. The van der Waals surface area contributed by atoms with E-state index in [1.807, 2.05) is 18.2 Å². The largest absolute Gasteiger partial charge is 0.456 e. The van der Waals surface area contributed by atoms with Gasteiger partial charge in [0.2, 0.25) is 0 Å². The summed E-state index contributed by atoms with van der Waals surface area (Å²) in [5.41, 5.74) is 8.32. The van der Waals surface area contributed by atoms with Gasteiger partial charge in [-0.3, -0.25) is 0 Å². The van der Waals surface area contributed by atoms with Crippen molar-refractivity contribution in [3.8, 4) is 45.3 Å². The third-order valence-electron chi connectivity index (χ3n) is 12.7. The highest BCUT2D eigenvalue weighted by Crippen LogP contribution is 2.43. The fourth-order valence-electron chi connectivity index (χ4n) is 9.86. The van der Waals surface area contributed by atoms with Crippen LogP contribution >= 0.6 is 11.3 Å². The van der Waals surface area contributed by atoms with Crippen LogP contribution in [0, 0.1) is 0 Å². The highest BCUT2D eigenvalue weighted by Gasteiger charge is 2.20. The molecule has 0 radical (unpaired) electrons. The lowest BCUT2D eigenvalue weighted by molar-refractivity contribution is 0.669. The maximum atomic E-state index is 6.61. The van der Waals surface area contributed by atoms with Gasteiger partial charge < -0.3 is 8.83 Å². The Morgan fingerprint density at radius 3 is 1.60 bits per heavy atom. The standard InChI is InChI=1S/C57H31N3O2S/c1-2-13-38-36(11-1)37-12-3-4-14-39(37)45-30-33(23-26-40(38)45)55-58-56(60-57(59-55)44-18-10-22-52-54(44)43-16-6-8-21-51(43)63-52)34-24-27-41-46-29-32(25-28-48(46)62-50(41)31-34)35-17-9-20-49-53(35)42-15-5-7-19-47(42)61-49/h1-31H. The number of hydrogen-bond acceptors (Lipinski definition) is 6. The first kappa shape index (κ1) is 34.5. The molecule has 0 saturated heterocycles. The predicted molar refractivity (Wildman–Crippen MR) is 262 cm³/mol. The van der Waals surface area contributed by atoms with Crippen molar-refractivity contribution in [1.29, 1.82) is 0 Å². The second-order valence-electron chi connectivity index (χ2n) is 16.2. The summed E-state index contributed by atoms with van der Waals surface area (Å²) >= 11 is 1.79. The van der Waals surface area contributed by atoms with Gasteiger partial charge in [0.15, 0.2) is 17.5 Å². The summed E-state index contributed by atoms with van der Waals surface area (Å²) in [6.07, 6.45) is 0. The van der Waals surface area contributed by atoms with Gasteiger partial charge >= 0.3 is 0 Å². The van der Waals surface area contributed by atoms with Crippen molar-refractivity contribution >= 4 is 108 Å². The molecule has 0 aliphatic heterocycles. The van der Waals surface area contributed by atoms with E-state index in [1.165, 1.54) is 41.7 Å². The summed E-state index contributed by atoms with van der Waals surface area (Å²) in [5.74, 6) is 1.82. The lowest BCUT2D eigenvalue weighted by Gasteiger charge is -2.13. The molecule has 0 amide bonds. The van der Waals surface area contributed by atoms with Gasteiger partial charge in [0.25, 0.3) is 0 Å². The Hall–Kier alpha value is -8.19. The van der Waals surface area contributed by atoms with Crippen LogP contribution in [0.1, 0.15) is 0 Å². The normalized spacial score (nSPS) is 12.1. The number of hydrogen-bond donors (Lipinski definition) is 0. The highest BCUT2D eigenvalue weighted by molar-refractivity contribution is 7.25. The maximum absolute atomic E-state index is 6.61. The number of thiophene rings is 1. The number of benzene rings is 10. The molecule has 0 bridgehead atoms. The maximum Gasteiger partial charge on any atom is 0.164 e. The first-order valence-electron chi connectivity index (χ1n) is 21.1.